The van der Waals surface area contributed by atoms with Gasteiger partial charge in [-0.2, -0.15) is 5.21 Å². The van der Waals surface area contributed by atoms with Crippen molar-refractivity contribution < 1.29 is 4.92 Å². The molecule has 2 aromatic rings. The second-order valence-corrected chi connectivity index (χ2v) is 5.11. The van der Waals surface area contributed by atoms with Crippen LogP contribution in [-0.4, -0.2) is 43.6 Å². The first-order valence-electron chi connectivity index (χ1n) is 6.75. The highest BCUT2D eigenvalue weighted by molar-refractivity contribution is 5.58. The topological polar surface area (TPSA) is 114 Å². The quantitative estimate of drug-likeness (QED) is 0.666. The van der Waals surface area contributed by atoms with E-state index in [2.05, 4.69) is 25.6 Å². The summed E-state index contributed by atoms with van der Waals surface area (Å²) in [7, 11) is 0. The van der Waals surface area contributed by atoms with E-state index in [1.165, 1.54) is 6.07 Å². The van der Waals surface area contributed by atoms with Crippen molar-refractivity contribution in [3.63, 3.8) is 0 Å². The van der Waals surface area contributed by atoms with Gasteiger partial charge in [-0.25, -0.2) is 4.98 Å². The van der Waals surface area contributed by atoms with Gasteiger partial charge in [-0.1, -0.05) is 5.21 Å². The third-order valence-corrected chi connectivity index (χ3v) is 3.64. The fraction of sp³-hybridized carbons (Fsp3) is 0.500. The molecule has 3 rings (SSSR count). The number of hydrogen-bond donors (Lipinski definition) is 1. The van der Waals surface area contributed by atoms with Gasteiger partial charge in [0.1, 0.15) is 0 Å². The molecule has 110 valence electrons. The molecule has 0 aliphatic carbocycles. The molecule has 21 heavy (non-hydrogen) atoms. The van der Waals surface area contributed by atoms with Crippen LogP contribution in [0.3, 0.4) is 0 Å². The van der Waals surface area contributed by atoms with Gasteiger partial charge < -0.3 is 4.90 Å². The Balaban J connectivity index is 1.89. The van der Waals surface area contributed by atoms with E-state index in [9.17, 15) is 10.1 Å². The van der Waals surface area contributed by atoms with Crippen LogP contribution in [-0.2, 0) is 0 Å². The Morgan fingerprint density at radius 2 is 2.33 bits per heavy atom. The van der Waals surface area contributed by atoms with Gasteiger partial charge in [-0.3, -0.25) is 10.1 Å². The number of aryl methyl sites for hydroxylation is 1. The molecule has 9 heteroatoms. The lowest BCUT2D eigenvalue weighted by Gasteiger charge is -2.31. The average Bonchev–Trinajstić information content (AvgIpc) is 3.01. The van der Waals surface area contributed by atoms with Crippen molar-refractivity contribution >= 4 is 11.5 Å². The molecule has 0 bridgehead atoms. The number of aromatic nitrogens is 5. The zero-order chi connectivity index (χ0) is 14.8. The smallest absolute Gasteiger partial charge is 0.311 e. The molecule has 0 spiro atoms. The van der Waals surface area contributed by atoms with Crippen LogP contribution in [0.5, 0.6) is 0 Å². The molecule has 1 fully saturated rings. The van der Waals surface area contributed by atoms with Gasteiger partial charge in [0.2, 0.25) is 5.82 Å². The van der Waals surface area contributed by atoms with Crippen LogP contribution in [0.1, 0.15) is 30.3 Å². The second kappa shape index (κ2) is 5.43. The monoisotopic (exact) mass is 289 g/mol. The van der Waals surface area contributed by atoms with Crippen molar-refractivity contribution in [2.24, 2.45) is 0 Å². The molecule has 0 saturated carbocycles. The third kappa shape index (κ3) is 2.67. The number of aromatic amines is 1. The lowest BCUT2D eigenvalue weighted by molar-refractivity contribution is -0.384. The SMILES string of the molecule is Cc1ccc([N+](=O)[O-])c(N2CCC[C@@H](c3nn[nH]n3)C2)n1. The van der Waals surface area contributed by atoms with Gasteiger partial charge in [0.15, 0.2) is 5.82 Å². The summed E-state index contributed by atoms with van der Waals surface area (Å²) in [6, 6.07) is 3.16. The van der Waals surface area contributed by atoms with Crippen LogP contribution >= 0.6 is 0 Å². The maximum absolute atomic E-state index is 11.2. The largest absolute Gasteiger partial charge is 0.350 e. The zero-order valence-corrected chi connectivity index (χ0v) is 11.6. The predicted octanol–water partition coefficient (Wildman–Crippen LogP) is 1.20. The first-order chi connectivity index (χ1) is 10.1. The van der Waals surface area contributed by atoms with E-state index < -0.39 is 0 Å². The van der Waals surface area contributed by atoms with Gasteiger partial charge in [-0.15, -0.1) is 10.2 Å². The van der Waals surface area contributed by atoms with E-state index in [-0.39, 0.29) is 16.5 Å². The van der Waals surface area contributed by atoms with Crippen molar-refractivity contribution in [1.29, 1.82) is 0 Å². The van der Waals surface area contributed by atoms with Crippen LogP contribution < -0.4 is 4.90 Å². The summed E-state index contributed by atoms with van der Waals surface area (Å²) in [4.78, 5) is 17.1. The van der Waals surface area contributed by atoms with Gasteiger partial charge >= 0.3 is 5.69 Å². The van der Waals surface area contributed by atoms with Crippen molar-refractivity contribution in [2.45, 2.75) is 25.7 Å². The molecule has 1 aliphatic heterocycles. The molecule has 9 nitrogen and oxygen atoms in total. The molecule has 3 heterocycles. The van der Waals surface area contributed by atoms with Crippen LogP contribution in [0.2, 0.25) is 0 Å². The first kappa shape index (κ1) is 13.4. The molecule has 0 aromatic carbocycles. The van der Waals surface area contributed by atoms with Crippen LogP contribution in [0, 0.1) is 17.0 Å². The Morgan fingerprint density at radius 3 is 3.05 bits per heavy atom. The van der Waals surface area contributed by atoms with E-state index in [1.807, 2.05) is 11.8 Å². The molecule has 1 aliphatic rings. The number of rotatable bonds is 3. The fourth-order valence-corrected chi connectivity index (χ4v) is 2.63. The van der Waals surface area contributed by atoms with Gasteiger partial charge in [0.25, 0.3) is 0 Å². The van der Waals surface area contributed by atoms with Crippen molar-refractivity contribution in [1.82, 2.24) is 25.6 Å². The summed E-state index contributed by atoms with van der Waals surface area (Å²) in [6.07, 6.45) is 1.85. The number of H-pyrrole nitrogens is 1. The summed E-state index contributed by atoms with van der Waals surface area (Å²) in [5.41, 5.74) is 0.798. The number of hydrogen-bond acceptors (Lipinski definition) is 7. The summed E-state index contributed by atoms with van der Waals surface area (Å²) >= 11 is 0. The highest BCUT2D eigenvalue weighted by Gasteiger charge is 2.29. The second-order valence-electron chi connectivity index (χ2n) is 5.11. The van der Waals surface area contributed by atoms with Crippen LogP contribution in [0.4, 0.5) is 11.5 Å². The molecule has 0 amide bonds. The van der Waals surface area contributed by atoms with Crippen LogP contribution in [0.25, 0.3) is 0 Å². The normalized spacial score (nSPS) is 18.7. The number of nitrogens with one attached hydrogen (secondary N) is 1. The van der Waals surface area contributed by atoms with Crippen molar-refractivity contribution in [3.05, 3.63) is 33.8 Å². The molecular formula is C12H15N7O2. The molecule has 0 unspecified atom stereocenters. The van der Waals surface area contributed by atoms with E-state index >= 15 is 0 Å². The third-order valence-electron chi connectivity index (χ3n) is 3.64. The Morgan fingerprint density at radius 1 is 1.48 bits per heavy atom. The van der Waals surface area contributed by atoms with E-state index in [0.29, 0.717) is 18.2 Å². The van der Waals surface area contributed by atoms with Crippen molar-refractivity contribution in [3.8, 4) is 0 Å². The molecule has 1 N–H and O–H groups in total. The maximum atomic E-state index is 11.2. The Bertz CT molecular complexity index is 643. The minimum atomic E-state index is -0.389. The number of tetrazole rings is 1. The highest BCUT2D eigenvalue weighted by atomic mass is 16.6. The van der Waals surface area contributed by atoms with Crippen molar-refractivity contribution in [2.75, 3.05) is 18.0 Å². The number of piperidine rings is 1. The number of anilines is 1. The van der Waals surface area contributed by atoms with Gasteiger partial charge in [0, 0.05) is 30.8 Å². The fourth-order valence-electron chi connectivity index (χ4n) is 2.63. The summed E-state index contributed by atoms with van der Waals surface area (Å²) < 4.78 is 0. The summed E-state index contributed by atoms with van der Waals surface area (Å²) in [5, 5.41) is 25.2. The predicted molar refractivity (Wildman–Crippen MR) is 74.0 cm³/mol. The number of nitro groups is 1. The van der Waals surface area contributed by atoms with E-state index in [1.54, 1.807) is 6.07 Å². The molecule has 1 atom stereocenters. The molecule has 1 saturated heterocycles. The molecule has 0 radical (unpaired) electrons. The average molecular weight is 289 g/mol. The lowest BCUT2D eigenvalue weighted by atomic mass is 9.97. The number of nitrogens with zero attached hydrogens (tertiary/aromatic N) is 6. The highest BCUT2D eigenvalue weighted by Crippen LogP contribution is 2.32. The van der Waals surface area contributed by atoms with Crippen LogP contribution in [0.15, 0.2) is 12.1 Å². The lowest BCUT2D eigenvalue weighted by Crippen LogP contribution is -2.35. The number of pyridine rings is 1. The van der Waals surface area contributed by atoms with E-state index in [4.69, 9.17) is 0 Å². The maximum Gasteiger partial charge on any atom is 0.311 e. The summed E-state index contributed by atoms with van der Waals surface area (Å²) in [6.45, 7) is 3.18. The minimum Gasteiger partial charge on any atom is -0.350 e. The zero-order valence-electron chi connectivity index (χ0n) is 11.6. The summed E-state index contributed by atoms with van der Waals surface area (Å²) in [5.74, 6) is 1.18. The van der Waals surface area contributed by atoms with Gasteiger partial charge in [0.05, 0.1) is 4.92 Å². The standard InChI is InChI=1S/C12H15N7O2/c1-8-4-5-10(19(20)21)12(13-8)18-6-2-3-9(7-18)11-14-16-17-15-11/h4-5,9H,2-3,6-7H2,1H3,(H,14,15,16,17)/t9-/m1/s1. The minimum absolute atomic E-state index is 0.0364. The Kier molecular flexibility index (Phi) is 3.46. The van der Waals surface area contributed by atoms with Gasteiger partial charge in [-0.05, 0) is 25.8 Å². The van der Waals surface area contributed by atoms with E-state index in [0.717, 1.165) is 25.1 Å². The molecule has 2 aromatic heterocycles. The Labute approximate surface area is 120 Å². The molecular weight excluding hydrogens is 274 g/mol. The first-order valence-corrected chi connectivity index (χ1v) is 6.75. The Hall–Kier alpha value is -2.58.